The number of aryl methyl sites for hydroxylation is 1. The topological polar surface area (TPSA) is 96.5 Å². The summed E-state index contributed by atoms with van der Waals surface area (Å²) in [5, 5.41) is 14.8. The number of carbonyl (C=O) groups is 1. The van der Waals surface area contributed by atoms with Gasteiger partial charge in [-0.05, 0) is 42.8 Å². The van der Waals surface area contributed by atoms with Gasteiger partial charge in [-0.25, -0.2) is 0 Å². The molecule has 8 heteroatoms. The molecule has 0 saturated carbocycles. The van der Waals surface area contributed by atoms with Crippen LogP contribution in [0.1, 0.15) is 28.4 Å². The highest BCUT2D eigenvalue weighted by atomic mass is 16.6. The molecule has 1 heterocycles. The van der Waals surface area contributed by atoms with Crippen molar-refractivity contribution in [3.8, 4) is 11.5 Å². The summed E-state index contributed by atoms with van der Waals surface area (Å²) in [4.78, 5) is 22.6. The van der Waals surface area contributed by atoms with Crippen LogP contribution < -0.4 is 9.47 Å². The first kappa shape index (κ1) is 20.8. The lowest BCUT2D eigenvalue weighted by atomic mass is 10.1. The van der Waals surface area contributed by atoms with E-state index in [1.807, 2.05) is 19.1 Å². The molecule has 3 aromatic rings. The van der Waals surface area contributed by atoms with Gasteiger partial charge in [0.2, 0.25) is 0 Å². The zero-order valence-corrected chi connectivity index (χ0v) is 16.6. The van der Waals surface area contributed by atoms with E-state index >= 15 is 0 Å². The lowest BCUT2D eigenvalue weighted by Crippen LogP contribution is -1.99. The van der Waals surface area contributed by atoms with Gasteiger partial charge in [0.05, 0.1) is 23.8 Å². The van der Waals surface area contributed by atoms with Crippen molar-refractivity contribution < 1.29 is 19.2 Å². The van der Waals surface area contributed by atoms with Crippen LogP contribution in [0.5, 0.6) is 11.5 Å². The van der Waals surface area contributed by atoms with E-state index in [1.165, 1.54) is 18.2 Å². The van der Waals surface area contributed by atoms with Crippen LogP contribution in [-0.4, -0.2) is 27.6 Å². The second-order valence-electron chi connectivity index (χ2n) is 6.39. The van der Waals surface area contributed by atoms with Gasteiger partial charge < -0.3 is 9.47 Å². The predicted octanol–water partition coefficient (Wildman–Crippen LogP) is 4.29. The maximum Gasteiger partial charge on any atom is 0.269 e. The zero-order valence-electron chi connectivity index (χ0n) is 16.6. The van der Waals surface area contributed by atoms with Crippen LogP contribution in [0.25, 0.3) is 6.08 Å². The Bertz CT molecular complexity index is 1070. The number of nitro groups is 1. The number of nitrogens with zero attached hydrogens (tertiary/aromatic N) is 3. The van der Waals surface area contributed by atoms with Gasteiger partial charge in [0, 0.05) is 30.4 Å². The van der Waals surface area contributed by atoms with Crippen molar-refractivity contribution in [1.29, 1.82) is 0 Å². The standard InChI is InChI=1S/C22H21N3O5/c1-3-24-14-18(13-23-24)21(26)10-4-16-5-11-22(29-2)17(12-16)15-30-20-8-6-19(7-9-20)25(27)28/h4-14H,3,15H2,1-2H3/b10-4+. The third kappa shape index (κ3) is 5.11. The number of hydrogen-bond acceptors (Lipinski definition) is 6. The number of non-ortho nitro benzene ring substituents is 1. The van der Waals surface area contributed by atoms with E-state index in [-0.39, 0.29) is 18.1 Å². The van der Waals surface area contributed by atoms with Crippen LogP contribution in [0.4, 0.5) is 5.69 Å². The monoisotopic (exact) mass is 407 g/mol. The molecular formula is C22H21N3O5. The maximum absolute atomic E-state index is 12.3. The molecule has 1 aromatic heterocycles. The van der Waals surface area contributed by atoms with Crippen LogP contribution in [0.15, 0.2) is 60.9 Å². The molecular weight excluding hydrogens is 386 g/mol. The van der Waals surface area contributed by atoms with Crippen molar-refractivity contribution in [3.63, 3.8) is 0 Å². The molecule has 0 aliphatic heterocycles. The van der Waals surface area contributed by atoms with Gasteiger partial charge in [-0.2, -0.15) is 5.10 Å². The van der Waals surface area contributed by atoms with Crippen LogP contribution in [0, 0.1) is 10.1 Å². The van der Waals surface area contributed by atoms with Crippen molar-refractivity contribution in [2.45, 2.75) is 20.1 Å². The second kappa shape index (κ2) is 9.51. The normalized spacial score (nSPS) is 10.9. The number of carbonyl (C=O) groups excluding carboxylic acids is 1. The lowest BCUT2D eigenvalue weighted by Gasteiger charge is -2.11. The van der Waals surface area contributed by atoms with E-state index in [4.69, 9.17) is 9.47 Å². The van der Waals surface area contributed by atoms with Gasteiger partial charge >= 0.3 is 0 Å². The molecule has 0 unspecified atom stereocenters. The minimum atomic E-state index is -0.461. The summed E-state index contributed by atoms with van der Waals surface area (Å²) < 4.78 is 12.8. The van der Waals surface area contributed by atoms with Crippen molar-refractivity contribution in [3.05, 3.63) is 87.7 Å². The largest absolute Gasteiger partial charge is 0.496 e. The number of allylic oxidation sites excluding steroid dienone is 1. The number of nitro benzene ring substituents is 1. The molecule has 8 nitrogen and oxygen atoms in total. The Hall–Kier alpha value is -3.94. The molecule has 0 aliphatic rings. The summed E-state index contributed by atoms with van der Waals surface area (Å²) in [7, 11) is 1.56. The summed E-state index contributed by atoms with van der Waals surface area (Å²) in [5.41, 5.74) is 2.13. The number of ketones is 1. The van der Waals surface area contributed by atoms with E-state index in [0.29, 0.717) is 23.6 Å². The molecule has 0 amide bonds. The highest BCUT2D eigenvalue weighted by molar-refractivity contribution is 6.06. The summed E-state index contributed by atoms with van der Waals surface area (Å²) >= 11 is 0. The molecule has 0 fully saturated rings. The van der Waals surface area contributed by atoms with Gasteiger partial charge in [-0.3, -0.25) is 19.6 Å². The maximum atomic E-state index is 12.3. The number of ether oxygens (including phenoxy) is 2. The predicted molar refractivity (Wildman–Crippen MR) is 112 cm³/mol. The van der Waals surface area contributed by atoms with Gasteiger partial charge in [-0.15, -0.1) is 0 Å². The van der Waals surface area contributed by atoms with E-state index in [2.05, 4.69) is 5.10 Å². The number of hydrogen-bond donors (Lipinski definition) is 0. The van der Waals surface area contributed by atoms with Crippen molar-refractivity contribution >= 4 is 17.5 Å². The quantitative estimate of drug-likeness (QED) is 0.227. The molecule has 3 rings (SSSR count). The molecule has 154 valence electrons. The average Bonchev–Trinajstić information content (AvgIpc) is 3.26. The second-order valence-corrected chi connectivity index (χ2v) is 6.39. The van der Waals surface area contributed by atoms with Crippen LogP contribution in [-0.2, 0) is 13.2 Å². The fraction of sp³-hybridized carbons (Fsp3) is 0.182. The summed E-state index contributed by atoms with van der Waals surface area (Å²) in [6.07, 6.45) is 6.48. The third-order valence-electron chi connectivity index (χ3n) is 4.42. The highest BCUT2D eigenvalue weighted by Gasteiger charge is 2.08. The Balaban J connectivity index is 1.71. The first-order valence-corrected chi connectivity index (χ1v) is 9.29. The van der Waals surface area contributed by atoms with Crippen molar-refractivity contribution in [1.82, 2.24) is 9.78 Å². The molecule has 2 aromatic carbocycles. The first-order valence-electron chi connectivity index (χ1n) is 9.29. The SMILES string of the molecule is CCn1cc(C(=O)/C=C/c2ccc(OC)c(COc3ccc([N+](=O)[O-])cc3)c2)cn1. The molecule has 30 heavy (non-hydrogen) atoms. The van der Waals surface area contributed by atoms with E-state index in [9.17, 15) is 14.9 Å². The minimum absolute atomic E-state index is 0.00112. The fourth-order valence-electron chi connectivity index (χ4n) is 2.77. The molecule has 0 saturated heterocycles. The Morgan fingerprint density at radius 1 is 1.23 bits per heavy atom. The van der Waals surface area contributed by atoms with Crippen molar-refractivity contribution in [2.75, 3.05) is 7.11 Å². The van der Waals surface area contributed by atoms with Crippen LogP contribution in [0.2, 0.25) is 0 Å². The van der Waals surface area contributed by atoms with Gasteiger partial charge in [0.25, 0.3) is 5.69 Å². The molecule has 0 atom stereocenters. The molecule has 0 N–H and O–H groups in total. The Kier molecular flexibility index (Phi) is 6.59. The van der Waals surface area contributed by atoms with Gasteiger partial charge in [0.15, 0.2) is 5.78 Å². The number of benzene rings is 2. The van der Waals surface area contributed by atoms with Gasteiger partial charge in [0.1, 0.15) is 18.1 Å². The van der Waals surface area contributed by atoms with E-state index < -0.39 is 4.92 Å². The minimum Gasteiger partial charge on any atom is -0.496 e. The number of methoxy groups -OCH3 is 1. The van der Waals surface area contributed by atoms with E-state index in [0.717, 1.165) is 11.1 Å². The summed E-state index contributed by atoms with van der Waals surface area (Å²) in [6, 6.07) is 11.4. The number of rotatable bonds is 9. The highest BCUT2D eigenvalue weighted by Crippen LogP contribution is 2.24. The molecule has 0 aliphatic carbocycles. The smallest absolute Gasteiger partial charge is 0.269 e. The molecule has 0 bridgehead atoms. The van der Waals surface area contributed by atoms with Crippen LogP contribution >= 0.6 is 0 Å². The number of aromatic nitrogens is 2. The zero-order chi connectivity index (χ0) is 21.5. The summed E-state index contributed by atoms with van der Waals surface area (Å²) in [5.74, 6) is 1.02. The Morgan fingerprint density at radius 3 is 2.63 bits per heavy atom. The van der Waals surface area contributed by atoms with Crippen molar-refractivity contribution in [2.24, 2.45) is 0 Å². The van der Waals surface area contributed by atoms with Gasteiger partial charge in [-0.1, -0.05) is 12.1 Å². The first-order chi connectivity index (χ1) is 14.5. The Morgan fingerprint density at radius 2 is 2.00 bits per heavy atom. The molecule has 0 spiro atoms. The third-order valence-corrected chi connectivity index (χ3v) is 4.42. The lowest BCUT2D eigenvalue weighted by molar-refractivity contribution is -0.384. The average molecular weight is 407 g/mol. The van der Waals surface area contributed by atoms with E-state index in [1.54, 1.807) is 48.5 Å². The fourth-order valence-corrected chi connectivity index (χ4v) is 2.77. The summed E-state index contributed by atoms with van der Waals surface area (Å²) in [6.45, 7) is 2.86. The molecule has 0 radical (unpaired) electrons. The van der Waals surface area contributed by atoms with Crippen LogP contribution in [0.3, 0.4) is 0 Å². The Labute approximate surface area is 173 Å².